The molecule has 0 amide bonds. The zero-order chi connectivity index (χ0) is 26.4. The van der Waals surface area contributed by atoms with Crippen molar-refractivity contribution in [2.45, 2.75) is 25.0 Å². The van der Waals surface area contributed by atoms with Crippen LogP contribution in [0.5, 0.6) is 0 Å². The van der Waals surface area contributed by atoms with Crippen LogP contribution in [0.3, 0.4) is 0 Å². The molecule has 0 unspecified atom stereocenters. The molecule has 2 atom stereocenters. The molecule has 0 saturated carbocycles. The average Bonchev–Trinajstić information content (AvgIpc) is 2.83. The van der Waals surface area contributed by atoms with E-state index in [9.17, 15) is 39.6 Å². The van der Waals surface area contributed by atoms with Gasteiger partial charge < -0.3 is 31.6 Å². The maximum absolute atomic E-state index is 12.8. The van der Waals surface area contributed by atoms with Gasteiger partial charge in [0.25, 0.3) is 11.2 Å². The number of hydrogen-bond donors (Lipinski definition) is 5. The van der Waals surface area contributed by atoms with Crippen molar-refractivity contribution in [3.8, 4) is 0 Å². The Labute approximate surface area is 206 Å². The van der Waals surface area contributed by atoms with Crippen molar-refractivity contribution >= 4 is 29.2 Å². The van der Waals surface area contributed by atoms with Crippen LogP contribution in [0.15, 0.2) is 78.9 Å². The molecule has 3 aromatic carbocycles. The van der Waals surface area contributed by atoms with Gasteiger partial charge in [0.2, 0.25) is 11.6 Å². The summed E-state index contributed by atoms with van der Waals surface area (Å²) in [7, 11) is 0. The minimum Gasteiger partial charge on any atom is -0.479 e. The van der Waals surface area contributed by atoms with Crippen molar-refractivity contribution in [1.82, 2.24) is 0 Å². The van der Waals surface area contributed by atoms with Crippen LogP contribution in [0, 0.1) is 13.8 Å². The molecule has 0 aliphatic carbocycles. The third-order valence-corrected chi connectivity index (χ3v) is 5.23. The zero-order valence-corrected chi connectivity index (χ0v) is 19.5. The van der Waals surface area contributed by atoms with Gasteiger partial charge in [-0.05, 0) is 26.0 Å². The van der Waals surface area contributed by atoms with E-state index in [-0.39, 0.29) is 16.6 Å². The van der Waals surface area contributed by atoms with E-state index in [1.807, 2.05) is 30.3 Å². The van der Waals surface area contributed by atoms with Gasteiger partial charge in [-0.2, -0.15) is 0 Å². The number of hydrogen-bond acceptors (Lipinski definition) is 7. The number of carboxylic acids is 2. The largest absolute Gasteiger partial charge is 0.479 e. The number of aryl methyl sites for hydroxylation is 2. The van der Waals surface area contributed by atoms with Crippen molar-refractivity contribution in [1.29, 1.82) is 0 Å². The maximum Gasteiger partial charge on any atom is 0.348 e. The highest BCUT2D eigenvalue weighted by atomic mass is 16.5. The van der Waals surface area contributed by atoms with Crippen LogP contribution in [0.2, 0.25) is 0 Å². The van der Waals surface area contributed by atoms with E-state index < -0.39 is 34.7 Å². The second kappa shape index (κ2) is 11.8. The van der Waals surface area contributed by atoms with Gasteiger partial charge in [-0.25, -0.2) is 9.59 Å². The summed E-state index contributed by atoms with van der Waals surface area (Å²) < 4.78 is 0. The molecule has 0 spiro atoms. The molecule has 0 fully saturated rings. The van der Waals surface area contributed by atoms with E-state index in [1.165, 1.54) is 24.3 Å². The molecule has 0 bridgehead atoms. The van der Waals surface area contributed by atoms with Crippen LogP contribution in [-0.2, 0) is 9.59 Å². The standard InChI is InChI=1S/C20H18O8.C6H7N.H2O/c1-11-3-7-13(8-4-11)15(21)19(27,17(23)24)20(28,18(25)26)16(22)14-9-5-12(2)6-10-14;7-6-4-2-1-3-5-6;/h3-10,27-28H,1-2H3,(H,23,24)(H,25,26);1-5H,7H2;1H2/t19-,20-;;/m1../s1. The average molecular weight is 498 g/mol. The number of rotatable bonds is 7. The highest BCUT2D eigenvalue weighted by Crippen LogP contribution is 2.32. The van der Waals surface area contributed by atoms with E-state index in [0.717, 1.165) is 30.0 Å². The smallest absolute Gasteiger partial charge is 0.348 e. The molecule has 10 nitrogen and oxygen atoms in total. The van der Waals surface area contributed by atoms with E-state index in [1.54, 1.807) is 13.8 Å². The number of aliphatic hydroxyl groups is 2. The molecule has 36 heavy (non-hydrogen) atoms. The molecule has 0 heterocycles. The number of nitrogens with two attached hydrogens (primary N) is 1. The van der Waals surface area contributed by atoms with E-state index >= 15 is 0 Å². The van der Waals surface area contributed by atoms with Crippen LogP contribution in [-0.4, -0.2) is 60.6 Å². The van der Waals surface area contributed by atoms with Gasteiger partial charge in [0.1, 0.15) is 0 Å². The molecular formula is C26H27NO9. The van der Waals surface area contributed by atoms with Gasteiger partial charge in [0.15, 0.2) is 0 Å². The summed E-state index contributed by atoms with van der Waals surface area (Å²) in [5, 5.41) is 40.3. The highest BCUT2D eigenvalue weighted by Gasteiger charge is 2.69. The molecule has 3 rings (SSSR count). The number of nitrogen functional groups attached to an aromatic ring is 1. The minimum atomic E-state index is -3.96. The Hall–Kier alpha value is -4.38. The second-order valence-electron chi connectivity index (χ2n) is 7.83. The lowest BCUT2D eigenvalue weighted by Gasteiger charge is -2.34. The van der Waals surface area contributed by atoms with E-state index in [4.69, 9.17) is 5.73 Å². The minimum absolute atomic E-state index is 0. The van der Waals surface area contributed by atoms with Crippen molar-refractivity contribution in [3.05, 3.63) is 101 Å². The summed E-state index contributed by atoms with van der Waals surface area (Å²) in [4.78, 5) is 49.1. The quantitative estimate of drug-likeness (QED) is 0.181. The second-order valence-corrected chi connectivity index (χ2v) is 7.83. The van der Waals surface area contributed by atoms with Gasteiger partial charge in [0.05, 0.1) is 0 Å². The van der Waals surface area contributed by atoms with E-state index in [0.29, 0.717) is 11.1 Å². The van der Waals surface area contributed by atoms with Crippen LogP contribution in [0.1, 0.15) is 31.8 Å². The molecule has 190 valence electrons. The van der Waals surface area contributed by atoms with Gasteiger partial charge in [0, 0.05) is 16.8 Å². The topological polar surface area (TPSA) is 207 Å². The summed E-state index contributed by atoms with van der Waals surface area (Å²) in [6.45, 7) is 3.37. The first-order valence-electron chi connectivity index (χ1n) is 10.3. The number of ketones is 2. The molecule has 0 aliphatic rings. The number of aliphatic carboxylic acids is 2. The summed E-state index contributed by atoms with van der Waals surface area (Å²) in [5.74, 6) is -8.01. The van der Waals surface area contributed by atoms with Crippen LogP contribution < -0.4 is 5.73 Å². The molecule has 10 heteroatoms. The summed E-state index contributed by atoms with van der Waals surface area (Å²) in [6.07, 6.45) is 0. The lowest BCUT2D eigenvalue weighted by Crippen LogP contribution is -2.71. The lowest BCUT2D eigenvalue weighted by atomic mass is 9.73. The molecule has 3 aromatic rings. The summed E-state index contributed by atoms with van der Waals surface area (Å²) in [6, 6.07) is 19.8. The maximum atomic E-state index is 12.8. The first-order chi connectivity index (χ1) is 16.4. The molecule has 8 N–H and O–H groups in total. The fourth-order valence-electron chi connectivity index (χ4n) is 3.11. The Morgan fingerprint density at radius 3 is 1.14 bits per heavy atom. The number of carbonyl (C=O) groups excluding carboxylic acids is 2. The Morgan fingerprint density at radius 2 is 0.917 bits per heavy atom. The predicted octanol–water partition coefficient (Wildman–Crippen LogP) is 1.44. The number of carboxylic acid groups (broad SMARTS) is 2. The van der Waals surface area contributed by atoms with Gasteiger partial charge in [-0.15, -0.1) is 0 Å². The first-order valence-corrected chi connectivity index (χ1v) is 10.3. The van der Waals surface area contributed by atoms with Crippen molar-refractivity contribution < 1.29 is 45.1 Å². The number of benzene rings is 3. The Balaban J connectivity index is 0.000000696. The van der Waals surface area contributed by atoms with Crippen LogP contribution in [0.4, 0.5) is 5.69 Å². The molecule has 0 saturated heterocycles. The zero-order valence-electron chi connectivity index (χ0n) is 19.5. The van der Waals surface area contributed by atoms with Gasteiger partial charge in [-0.1, -0.05) is 77.9 Å². The van der Waals surface area contributed by atoms with Crippen molar-refractivity contribution in [2.24, 2.45) is 0 Å². The number of anilines is 1. The molecule has 0 aromatic heterocycles. The van der Waals surface area contributed by atoms with Crippen molar-refractivity contribution in [3.63, 3.8) is 0 Å². The molecule has 0 radical (unpaired) electrons. The predicted molar refractivity (Wildman–Crippen MR) is 131 cm³/mol. The third kappa shape index (κ3) is 5.81. The molecule has 0 aliphatic heterocycles. The monoisotopic (exact) mass is 497 g/mol. The Kier molecular flexibility index (Phi) is 9.76. The Bertz CT molecular complexity index is 1150. The SMILES string of the molecule is Cc1ccc(C(=O)[C@@](O)(C(=O)O)[C@](O)(C(=O)O)C(=O)c2ccc(C)cc2)cc1.Nc1ccccc1.O. The molecular weight excluding hydrogens is 470 g/mol. The van der Waals surface area contributed by atoms with Crippen LogP contribution >= 0.6 is 0 Å². The highest BCUT2D eigenvalue weighted by molar-refractivity contribution is 6.28. The fraction of sp³-hybridized carbons (Fsp3) is 0.154. The number of Topliss-reactive ketones (excluding diaryl/α,β-unsaturated/α-hetero) is 2. The van der Waals surface area contributed by atoms with Gasteiger partial charge >= 0.3 is 11.9 Å². The summed E-state index contributed by atoms with van der Waals surface area (Å²) in [5.41, 5.74) is -1.09. The fourth-order valence-corrected chi connectivity index (χ4v) is 3.11. The van der Waals surface area contributed by atoms with Crippen LogP contribution in [0.25, 0.3) is 0 Å². The van der Waals surface area contributed by atoms with E-state index in [2.05, 4.69) is 0 Å². The third-order valence-electron chi connectivity index (χ3n) is 5.23. The Morgan fingerprint density at radius 1 is 0.611 bits per heavy atom. The van der Waals surface area contributed by atoms with Gasteiger partial charge in [-0.3, -0.25) is 9.59 Å². The number of para-hydroxylation sites is 1. The first kappa shape index (κ1) is 29.7. The summed E-state index contributed by atoms with van der Waals surface area (Å²) >= 11 is 0. The normalized spacial score (nSPS) is 13.4. The number of carbonyl (C=O) groups is 4. The van der Waals surface area contributed by atoms with Crippen molar-refractivity contribution in [2.75, 3.05) is 5.73 Å². The lowest BCUT2D eigenvalue weighted by molar-refractivity contribution is -0.187.